The number of rotatable bonds is 3. The molecule has 0 radical (unpaired) electrons. The van der Waals surface area contributed by atoms with Crippen molar-refractivity contribution < 1.29 is 4.79 Å². The minimum absolute atomic E-state index is 0.104. The van der Waals surface area contributed by atoms with Gasteiger partial charge in [0.1, 0.15) is 0 Å². The number of nitrogens with zero attached hydrogens (tertiary/aromatic N) is 6. The first-order valence-electron chi connectivity index (χ1n) is 12.3. The number of carbonyl (C=O) groups is 1. The summed E-state index contributed by atoms with van der Waals surface area (Å²) < 4.78 is 4.32. The van der Waals surface area contributed by atoms with E-state index in [9.17, 15) is 4.79 Å². The average Bonchev–Trinajstić information content (AvgIpc) is 3.53. The largest absolute Gasteiger partial charge is 0.340 e. The first kappa shape index (κ1) is 22.3. The summed E-state index contributed by atoms with van der Waals surface area (Å²) in [5, 5.41) is 0. The van der Waals surface area contributed by atoms with Gasteiger partial charge in [0.15, 0.2) is 11.5 Å². The molecule has 36 heavy (non-hydrogen) atoms. The maximum atomic E-state index is 13.5. The summed E-state index contributed by atoms with van der Waals surface area (Å²) in [4.78, 5) is 25.9. The molecule has 1 atom stereocenters. The highest BCUT2D eigenvalue weighted by molar-refractivity contribution is 5.95. The molecule has 6 rings (SSSR count). The van der Waals surface area contributed by atoms with E-state index in [0.29, 0.717) is 18.3 Å². The number of fused-ring (bicyclic) bond motifs is 5. The lowest BCUT2D eigenvalue weighted by molar-refractivity contribution is 0.0635. The van der Waals surface area contributed by atoms with Gasteiger partial charge in [-0.15, -0.1) is 0 Å². The van der Waals surface area contributed by atoms with Crippen molar-refractivity contribution in [2.45, 2.75) is 25.4 Å². The van der Waals surface area contributed by atoms with Gasteiger partial charge in [-0.1, -0.05) is 24.3 Å². The lowest BCUT2D eigenvalue weighted by Crippen LogP contribution is -2.47. The minimum atomic E-state index is 0.104. The second-order valence-electron chi connectivity index (χ2n) is 9.88. The van der Waals surface area contributed by atoms with Crippen molar-refractivity contribution in [3.8, 4) is 28.3 Å². The fourth-order valence-corrected chi connectivity index (χ4v) is 5.41. The Balaban J connectivity index is 1.36. The zero-order valence-corrected chi connectivity index (χ0v) is 20.6. The van der Waals surface area contributed by atoms with E-state index in [1.165, 1.54) is 0 Å². The van der Waals surface area contributed by atoms with Gasteiger partial charge in [-0.05, 0) is 62.3 Å². The molecule has 180 valence electrons. The van der Waals surface area contributed by atoms with E-state index in [4.69, 9.17) is 6.57 Å². The fraction of sp³-hybridized carbons (Fsp3) is 0.276. The van der Waals surface area contributed by atoms with Crippen LogP contribution in [-0.2, 0) is 6.54 Å². The molecule has 1 saturated heterocycles. The molecule has 2 aromatic heterocycles. The number of likely N-dealkylation sites (tertiary alicyclic amines) is 1. The normalized spacial score (nSPS) is 16.6. The highest BCUT2D eigenvalue weighted by Crippen LogP contribution is 2.35. The lowest BCUT2D eigenvalue weighted by Gasteiger charge is -2.36. The molecular formula is C29H28N6O. The SMILES string of the molecule is [C-]#[N+]c1ccc(-c2cc3n(c2)Cc2cc(C(=O)N4CCC[C@@H](N(C)C)C4)ccc2-n2ccnc2-3)cc1. The van der Waals surface area contributed by atoms with Gasteiger partial charge in [0, 0.05) is 55.4 Å². The molecule has 7 nitrogen and oxygen atoms in total. The molecule has 0 spiro atoms. The first-order chi connectivity index (χ1) is 17.5. The monoisotopic (exact) mass is 476 g/mol. The fourth-order valence-electron chi connectivity index (χ4n) is 5.41. The van der Waals surface area contributed by atoms with Crippen LogP contribution in [0.15, 0.2) is 67.1 Å². The molecule has 2 aliphatic heterocycles. The molecule has 4 heterocycles. The third-order valence-electron chi connectivity index (χ3n) is 7.44. The Morgan fingerprint density at radius 3 is 2.72 bits per heavy atom. The van der Waals surface area contributed by atoms with Crippen LogP contribution in [0.2, 0.25) is 0 Å². The summed E-state index contributed by atoms with van der Waals surface area (Å²) >= 11 is 0. The summed E-state index contributed by atoms with van der Waals surface area (Å²) in [5.41, 5.74) is 6.67. The maximum absolute atomic E-state index is 13.5. The number of amides is 1. The Bertz CT molecular complexity index is 1490. The number of imidazole rings is 1. The van der Waals surface area contributed by atoms with Gasteiger partial charge in [0.2, 0.25) is 0 Å². The van der Waals surface area contributed by atoms with Crippen molar-refractivity contribution in [1.29, 1.82) is 0 Å². The number of carbonyl (C=O) groups excluding carboxylic acids is 1. The second-order valence-corrected chi connectivity index (χ2v) is 9.88. The standard InChI is InChI=1S/C29H28N6O/c1-30-24-9-6-20(7-10-24)22-16-27-28-31-12-14-35(28)26-11-8-21(15-23(26)18-34(27)17-22)29(36)33-13-4-5-25(19-33)32(2)3/h6-12,14-17,25H,4-5,13,18-19H2,2-3H3/t25-/m1/s1. The number of piperidine rings is 1. The predicted octanol–water partition coefficient (Wildman–Crippen LogP) is 5.09. The third kappa shape index (κ3) is 3.80. The average molecular weight is 477 g/mol. The smallest absolute Gasteiger partial charge is 0.253 e. The van der Waals surface area contributed by atoms with Gasteiger partial charge in [0.05, 0.1) is 18.0 Å². The minimum Gasteiger partial charge on any atom is -0.340 e. The van der Waals surface area contributed by atoms with Crippen molar-refractivity contribution in [2.75, 3.05) is 27.2 Å². The Hall–Kier alpha value is -4.15. The van der Waals surface area contributed by atoms with E-state index >= 15 is 0 Å². The summed E-state index contributed by atoms with van der Waals surface area (Å²) in [7, 11) is 4.18. The van der Waals surface area contributed by atoms with Gasteiger partial charge in [0.25, 0.3) is 5.91 Å². The second kappa shape index (κ2) is 8.81. The van der Waals surface area contributed by atoms with Crippen molar-refractivity contribution in [2.24, 2.45) is 0 Å². The van der Waals surface area contributed by atoms with Gasteiger partial charge in [-0.3, -0.25) is 9.36 Å². The van der Waals surface area contributed by atoms with E-state index in [1.54, 1.807) is 0 Å². The third-order valence-corrected chi connectivity index (χ3v) is 7.44. The van der Waals surface area contributed by atoms with Gasteiger partial charge in [-0.2, -0.15) is 0 Å². The lowest BCUT2D eigenvalue weighted by atomic mass is 10.0. The maximum Gasteiger partial charge on any atom is 0.253 e. The Morgan fingerprint density at radius 1 is 1.11 bits per heavy atom. The molecule has 1 fully saturated rings. The Kier molecular flexibility index (Phi) is 5.46. The van der Waals surface area contributed by atoms with Crippen LogP contribution in [-0.4, -0.2) is 63.1 Å². The number of likely N-dealkylation sites (N-methyl/N-ethyl adjacent to an activating group) is 1. The quantitative estimate of drug-likeness (QED) is 0.341. The number of hydrogen-bond donors (Lipinski definition) is 0. The van der Waals surface area contributed by atoms with Crippen LogP contribution >= 0.6 is 0 Å². The molecule has 2 aromatic carbocycles. The summed E-state index contributed by atoms with van der Waals surface area (Å²) in [5.74, 6) is 0.981. The highest BCUT2D eigenvalue weighted by Gasteiger charge is 2.27. The molecule has 1 amide bonds. The molecule has 0 bridgehead atoms. The van der Waals surface area contributed by atoms with Crippen LogP contribution in [0.3, 0.4) is 0 Å². The molecule has 2 aliphatic rings. The van der Waals surface area contributed by atoms with Crippen LogP contribution in [0.25, 0.3) is 33.2 Å². The summed E-state index contributed by atoms with van der Waals surface area (Å²) in [6.07, 6.45) is 8.10. The van der Waals surface area contributed by atoms with Crippen LogP contribution in [0.1, 0.15) is 28.8 Å². The Morgan fingerprint density at radius 2 is 1.94 bits per heavy atom. The molecule has 7 heteroatoms. The van der Waals surface area contributed by atoms with Gasteiger partial charge < -0.3 is 14.4 Å². The van der Waals surface area contributed by atoms with E-state index < -0.39 is 0 Å². The van der Waals surface area contributed by atoms with E-state index in [-0.39, 0.29) is 5.91 Å². The molecule has 0 saturated carbocycles. The van der Waals surface area contributed by atoms with Crippen LogP contribution in [0.5, 0.6) is 0 Å². The van der Waals surface area contributed by atoms with E-state index in [2.05, 4.69) is 62.4 Å². The zero-order valence-electron chi connectivity index (χ0n) is 20.6. The number of benzene rings is 2. The van der Waals surface area contributed by atoms with Crippen LogP contribution < -0.4 is 0 Å². The van der Waals surface area contributed by atoms with Crippen molar-refractivity contribution in [3.05, 3.63) is 89.7 Å². The Labute approximate surface area is 211 Å². The predicted molar refractivity (Wildman–Crippen MR) is 140 cm³/mol. The topological polar surface area (TPSA) is 50.7 Å². The van der Waals surface area contributed by atoms with Crippen molar-refractivity contribution in [1.82, 2.24) is 23.9 Å². The van der Waals surface area contributed by atoms with Crippen LogP contribution in [0, 0.1) is 6.57 Å². The molecule has 0 unspecified atom stereocenters. The highest BCUT2D eigenvalue weighted by atomic mass is 16.2. The zero-order chi connectivity index (χ0) is 24.8. The molecular weight excluding hydrogens is 448 g/mol. The van der Waals surface area contributed by atoms with Gasteiger partial charge in [-0.25, -0.2) is 9.83 Å². The number of hydrogen-bond acceptors (Lipinski definition) is 3. The first-order valence-corrected chi connectivity index (χ1v) is 12.3. The molecule has 0 aliphatic carbocycles. The number of aromatic nitrogens is 3. The van der Waals surface area contributed by atoms with Crippen LogP contribution in [0.4, 0.5) is 5.69 Å². The van der Waals surface area contributed by atoms with E-state index in [0.717, 1.165) is 65.4 Å². The summed E-state index contributed by atoms with van der Waals surface area (Å²) in [6, 6.07) is 16.3. The summed E-state index contributed by atoms with van der Waals surface area (Å²) in [6.45, 7) is 9.43. The van der Waals surface area contributed by atoms with Gasteiger partial charge >= 0.3 is 0 Å². The van der Waals surface area contributed by atoms with Crippen molar-refractivity contribution in [3.63, 3.8) is 0 Å². The molecule has 0 N–H and O–H groups in total. The molecule has 4 aromatic rings. The van der Waals surface area contributed by atoms with Crippen molar-refractivity contribution >= 4 is 11.6 Å². The van der Waals surface area contributed by atoms with E-state index in [1.807, 2.05) is 47.6 Å².